The molecule has 7 nitrogen and oxygen atoms in total. The van der Waals surface area contributed by atoms with E-state index in [4.69, 9.17) is 0 Å². The Labute approximate surface area is 168 Å². The molecule has 1 aliphatic rings. The molecular formula is C20H16F3N5O2. The summed E-state index contributed by atoms with van der Waals surface area (Å²) < 4.78 is 38.3. The Kier molecular flexibility index (Phi) is 4.90. The molecule has 1 atom stereocenters. The minimum Gasteiger partial charge on any atom is -0.311 e. The van der Waals surface area contributed by atoms with Crippen LogP contribution in [0, 0.1) is 0 Å². The summed E-state index contributed by atoms with van der Waals surface area (Å²) in [5.74, 6) is 0.277. The lowest BCUT2D eigenvalue weighted by atomic mass is 9.87. The maximum Gasteiger partial charge on any atom is 0.416 e. The van der Waals surface area contributed by atoms with Crippen molar-refractivity contribution in [2.45, 2.75) is 18.5 Å². The highest BCUT2D eigenvalue weighted by Crippen LogP contribution is 2.36. The van der Waals surface area contributed by atoms with E-state index in [-0.39, 0.29) is 23.9 Å². The number of hydrogen-bond donors (Lipinski definition) is 4. The Balaban J connectivity index is 1.43. The summed E-state index contributed by atoms with van der Waals surface area (Å²) >= 11 is 0. The van der Waals surface area contributed by atoms with Crippen LogP contribution in [0.15, 0.2) is 54.7 Å². The minimum atomic E-state index is -4.49. The maximum absolute atomic E-state index is 12.8. The van der Waals surface area contributed by atoms with Gasteiger partial charge in [0.05, 0.1) is 11.8 Å². The number of hydrogen-bond acceptors (Lipinski definition) is 3. The van der Waals surface area contributed by atoms with Gasteiger partial charge in [-0.1, -0.05) is 18.2 Å². The Morgan fingerprint density at radius 2 is 1.80 bits per heavy atom. The molecule has 1 unspecified atom stereocenters. The maximum atomic E-state index is 12.8. The van der Waals surface area contributed by atoms with Gasteiger partial charge in [-0.25, -0.2) is 4.79 Å². The van der Waals surface area contributed by atoms with Gasteiger partial charge in [-0.3, -0.25) is 9.89 Å². The van der Waals surface area contributed by atoms with Gasteiger partial charge in [0.15, 0.2) is 0 Å². The average Bonchev–Trinajstić information content (AvgIpc) is 3.16. The first kappa shape index (κ1) is 19.5. The molecular weight excluding hydrogens is 399 g/mol. The molecule has 0 saturated carbocycles. The van der Waals surface area contributed by atoms with E-state index in [2.05, 4.69) is 26.1 Å². The lowest BCUT2D eigenvalue weighted by Crippen LogP contribution is -2.23. The summed E-state index contributed by atoms with van der Waals surface area (Å²) in [6.45, 7) is 0. The molecule has 0 radical (unpaired) electrons. The number of halogens is 3. The Morgan fingerprint density at radius 1 is 1.07 bits per heavy atom. The highest BCUT2D eigenvalue weighted by molar-refractivity contribution is 5.99. The molecule has 0 fully saturated rings. The van der Waals surface area contributed by atoms with Crippen LogP contribution in [-0.4, -0.2) is 22.1 Å². The standard InChI is InChI=1S/C20H16F3N5O2/c21-20(22,23)12-2-1-3-14(8-12)26-19(30)25-13-6-4-11(5-7-13)15-9-17(29)27-18-16(15)10-24-28-18/h1-8,10,15H,9H2,(H2,25,26,30)(H2,24,27,28,29). The van der Waals surface area contributed by atoms with Crippen molar-refractivity contribution >= 4 is 29.1 Å². The van der Waals surface area contributed by atoms with E-state index < -0.39 is 17.8 Å². The number of carbonyl (C=O) groups is 2. The summed E-state index contributed by atoms with van der Waals surface area (Å²) in [5, 5.41) is 14.4. The highest BCUT2D eigenvalue weighted by atomic mass is 19.4. The van der Waals surface area contributed by atoms with Crippen molar-refractivity contribution in [2.24, 2.45) is 0 Å². The van der Waals surface area contributed by atoms with Gasteiger partial charge in [0.2, 0.25) is 5.91 Å². The van der Waals surface area contributed by atoms with Crippen molar-refractivity contribution in [1.29, 1.82) is 0 Å². The van der Waals surface area contributed by atoms with Crippen LogP contribution in [0.1, 0.15) is 29.0 Å². The van der Waals surface area contributed by atoms with Crippen LogP contribution in [0.3, 0.4) is 0 Å². The number of rotatable bonds is 3. The van der Waals surface area contributed by atoms with Gasteiger partial charge < -0.3 is 16.0 Å². The fourth-order valence-electron chi connectivity index (χ4n) is 3.31. The SMILES string of the molecule is O=C1CC(c2ccc(NC(=O)Nc3cccc(C(F)(F)F)c3)cc2)c2cn[nH]c2N1. The normalized spacial score (nSPS) is 15.8. The van der Waals surface area contributed by atoms with Crippen molar-refractivity contribution < 1.29 is 22.8 Å². The number of benzene rings is 2. The number of aromatic amines is 1. The van der Waals surface area contributed by atoms with E-state index in [0.29, 0.717) is 11.5 Å². The zero-order valence-corrected chi connectivity index (χ0v) is 15.4. The molecule has 1 aliphatic heterocycles. The molecule has 4 N–H and O–H groups in total. The lowest BCUT2D eigenvalue weighted by Gasteiger charge is -2.22. The monoisotopic (exact) mass is 415 g/mol. The smallest absolute Gasteiger partial charge is 0.311 e. The third-order valence-electron chi connectivity index (χ3n) is 4.72. The second-order valence-electron chi connectivity index (χ2n) is 6.78. The van der Waals surface area contributed by atoms with Crippen LogP contribution in [0.25, 0.3) is 0 Å². The zero-order valence-electron chi connectivity index (χ0n) is 15.4. The highest BCUT2D eigenvalue weighted by Gasteiger charge is 2.30. The number of amides is 3. The van der Waals surface area contributed by atoms with Crippen LogP contribution in [0.2, 0.25) is 0 Å². The van der Waals surface area contributed by atoms with E-state index in [1.54, 1.807) is 30.5 Å². The Hall–Kier alpha value is -3.82. The predicted molar refractivity (Wildman–Crippen MR) is 104 cm³/mol. The minimum absolute atomic E-state index is 0.0275. The fourth-order valence-corrected chi connectivity index (χ4v) is 3.31. The summed E-state index contributed by atoms with van der Waals surface area (Å²) in [7, 11) is 0. The van der Waals surface area contributed by atoms with Gasteiger partial charge in [0.25, 0.3) is 0 Å². The largest absolute Gasteiger partial charge is 0.416 e. The van der Waals surface area contributed by atoms with Crippen LogP contribution < -0.4 is 16.0 Å². The quantitative estimate of drug-likeness (QED) is 0.505. The first-order chi connectivity index (χ1) is 14.3. The molecule has 0 saturated heterocycles. The summed E-state index contributed by atoms with van der Waals surface area (Å²) in [5.41, 5.74) is 1.38. The molecule has 2 aromatic carbocycles. The summed E-state index contributed by atoms with van der Waals surface area (Å²) in [4.78, 5) is 24.0. The number of carbonyl (C=O) groups excluding carboxylic acids is 2. The van der Waals surface area contributed by atoms with E-state index in [0.717, 1.165) is 23.3 Å². The molecule has 30 heavy (non-hydrogen) atoms. The van der Waals surface area contributed by atoms with E-state index in [9.17, 15) is 22.8 Å². The molecule has 10 heteroatoms. The van der Waals surface area contributed by atoms with E-state index in [1.165, 1.54) is 12.1 Å². The molecule has 154 valence electrons. The average molecular weight is 415 g/mol. The molecule has 0 spiro atoms. The van der Waals surface area contributed by atoms with Crippen LogP contribution >= 0.6 is 0 Å². The predicted octanol–water partition coefficient (Wildman–Crippen LogP) is 4.55. The number of urea groups is 1. The Bertz CT molecular complexity index is 1090. The summed E-state index contributed by atoms with van der Waals surface area (Å²) in [6, 6.07) is 10.6. The van der Waals surface area contributed by atoms with Crippen molar-refractivity contribution in [3.05, 3.63) is 71.4 Å². The van der Waals surface area contributed by atoms with E-state index in [1.807, 2.05) is 0 Å². The third-order valence-corrected chi connectivity index (χ3v) is 4.72. The Morgan fingerprint density at radius 3 is 2.53 bits per heavy atom. The van der Waals surface area contributed by atoms with Crippen LogP contribution in [0.4, 0.5) is 35.2 Å². The van der Waals surface area contributed by atoms with Crippen LogP contribution in [-0.2, 0) is 11.0 Å². The van der Waals surface area contributed by atoms with Gasteiger partial charge in [-0.15, -0.1) is 0 Å². The molecule has 2 heterocycles. The van der Waals surface area contributed by atoms with Gasteiger partial charge in [0.1, 0.15) is 5.82 Å². The lowest BCUT2D eigenvalue weighted by molar-refractivity contribution is -0.137. The zero-order chi connectivity index (χ0) is 21.3. The van der Waals surface area contributed by atoms with Gasteiger partial charge in [-0.05, 0) is 35.9 Å². The number of anilines is 3. The number of fused-ring (bicyclic) bond motifs is 1. The van der Waals surface area contributed by atoms with Crippen molar-refractivity contribution in [1.82, 2.24) is 10.2 Å². The van der Waals surface area contributed by atoms with Gasteiger partial charge in [0, 0.05) is 29.3 Å². The van der Waals surface area contributed by atoms with Gasteiger partial charge >= 0.3 is 12.2 Å². The van der Waals surface area contributed by atoms with Crippen LogP contribution in [0.5, 0.6) is 0 Å². The molecule has 0 bridgehead atoms. The summed E-state index contributed by atoms with van der Waals surface area (Å²) in [6.07, 6.45) is -2.56. The molecule has 0 aliphatic carbocycles. The number of alkyl halides is 3. The first-order valence-electron chi connectivity index (χ1n) is 8.98. The first-order valence-corrected chi connectivity index (χ1v) is 8.98. The third kappa shape index (κ3) is 4.12. The second-order valence-corrected chi connectivity index (χ2v) is 6.78. The number of nitrogens with one attached hydrogen (secondary N) is 4. The molecule has 3 amide bonds. The number of aromatic nitrogens is 2. The molecule has 4 rings (SSSR count). The fraction of sp³-hybridized carbons (Fsp3) is 0.150. The molecule has 3 aromatic rings. The van der Waals surface area contributed by atoms with Crippen molar-refractivity contribution in [3.8, 4) is 0 Å². The second kappa shape index (κ2) is 7.54. The number of H-pyrrole nitrogens is 1. The van der Waals surface area contributed by atoms with Crippen molar-refractivity contribution in [2.75, 3.05) is 16.0 Å². The number of nitrogens with zero attached hydrogens (tertiary/aromatic N) is 1. The van der Waals surface area contributed by atoms with E-state index >= 15 is 0 Å². The van der Waals surface area contributed by atoms with Gasteiger partial charge in [-0.2, -0.15) is 18.3 Å². The topological polar surface area (TPSA) is 98.9 Å². The molecule has 1 aromatic heterocycles. The van der Waals surface area contributed by atoms with Crippen molar-refractivity contribution in [3.63, 3.8) is 0 Å².